The summed E-state index contributed by atoms with van der Waals surface area (Å²) in [5.41, 5.74) is 2.89. The maximum atomic E-state index is 11.6. The van der Waals surface area contributed by atoms with Gasteiger partial charge in [0.05, 0.1) is 5.69 Å². The molecule has 0 atom stereocenters. The van der Waals surface area contributed by atoms with Crippen LogP contribution in [0.25, 0.3) is 10.8 Å². The van der Waals surface area contributed by atoms with Gasteiger partial charge in [-0.05, 0) is 23.9 Å². The van der Waals surface area contributed by atoms with Crippen LogP contribution in [0.2, 0.25) is 0 Å². The van der Waals surface area contributed by atoms with Crippen molar-refractivity contribution in [1.29, 1.82) is 0 Å². The molecule has 2 heteroatoms. The van der Waals surface area contributed by atoms with Gasteiger partial charge in [0.1, 0.15) is 0 Å². The van der Waals surface area contributed by atoms with E-state index in [1.54, 1.807) is 0 Å². The zero-order valence-corrected chi connectivity index (χ0v) is 7.79. The summed E-state index contributed by atoms with van der Waals surface area (Å²) >= 11 is 0. The molecule has 1 aliphatic rings. The molecule has 0 unspecified atom stereocenters. The fraction of sp³-hybridized carbons (Fsp3) is 0.0833. The predicted molar refractivity (Wildman–Crippen MR) is 56.6 cm³/mol. The monoisotopic (exact) mass is 183 g/mol. The van der Waals surface area contributed by atoms with Gasteiger partial charge in [-0.25, -0.2) is 0 Å². The second-order valence-corrected chi connectivity index (χ2v) is 3.62. The van der Waals surface area contributed by atoms with Crippen molar-refractivity contribution >= 4 is 22.4 Å². The molecule has 2 aromatic rings. The summed E-state index contributed by atoms with van der Waals surface area (Å²) < 4.78 is 0. The predicted octanol–water partition coefficient (Wildman–Crippen LogP) is 2.71. The lowest BCUT2D eigenvalue weighted by atomic mass is 10.0. The number of benzene rings is 2. The Bertz CT molecular complexity index is 557. The summed E-state index contributed by atoms with van der Waals surface area (Å²) in [5, 5.41) is 5.09. The second kappa shape index (κ2) is 2.35. The van der Waals surface area contributed by atoms with Gasteiger partial charge in [-0.15, -0.1) is 0 Å². The minimum Gasteiger partial charge on any atom is -0.321 e. The van der Waals surface area contributed by atoms with E-state index in [0.717, 1.165) is 27.6 Å². The highest BCUT2D eigenvalue weighted by atomic mass is 16.1. The standard InChI is InChI=1S/C12H9NO/c1-7-5-6-8-3-2-4-9-10(8)11(7)13-12(9)14/h2-6H,1H3,(H,13,14). The number of hydrogen-bond acceptors (Lipinski definition) is 1. The number of carbonyl (C=O) groups is 1. The van der Waals surface area contributed by atoms with Gasteiger partial charge in [0, 0.05) is 10.9 Å². The summed E-state index contributed by atoms with van der Waals surface area (Å²) in [7, 11) is 0. The van der Waals surface area contributed by atoms with E-state index in [-0.39, 0.29) is 5.91 Å². The fourth-order valence-corrected chi connectivity index (χ4v) is 2.01. The molecule has 0 saturated heterocycles. The number of anilines is 1. The molecule has 68 valence electrons. The van der Waals surface area contributed by atoms with Gasteiger partial charge in [-0.1, -0.05) is 24.3 Å². The molecule has 0 spiro atoms. The van der Waals surface area contributed by atoms with Crippen LogP contribution in [0, 0.1) is 6.92 Å². The number of nitrogens with one attached hydrogen (secondary N) is 1. The van der Waals surface area contributed by atoms with Crippen LogP contribution in [0.1, 0.15) is 15.9 Å². The molecule has 2 nitrogen and oxygen atoms in total. The van der Waals surface area contributed by atoms with Gasteiger partial charge in [0.15, 0.2) is 0 Å². The molecule has 0 radical (unpaired) electrons. The Morgan fingerprint density at radius 2 is 2.00 bits per heavy atom. The van der Waals surface area contributed by atoms with E-state index >= 15 is 0 Å². The van der Waals surface area contributed by atoms with Crippen LogP contribution >= 0.6 is 0 Å². The van der Waals surface area contributed by atoms with Crippen LogP contribution in [-0.4, -0.2) is 5.91 Å². The van der Waals surface area contributed by atoms with E-state index in [4.69, 9.17) is 0 Å². The summed E-state index contributed by atoms with van der Waals surface area (Å²) in [6.45, 7) is 2.01. The van der Waals surface area contributed by atoms with E-state index in [9.17, 15) is 4.79 Å². The van der Waals surface area contributed by atoms with Gasteiger partial charge >= 0.3 is 0 Å². The summed E-state index contributed by atoms with van der Waals surface area (Å²) in [6.07, 6.45) is 0. The number of rotatable bonds is 0. The Morgan fingerprint density at radius 3 is 2.86 bits per heavy atom. The van der Waals surface area contributed by atoms with Gasteiger partial charge in [-0.3, -0.25) is 4.79 Å². The van der Waals surface area contributed by atoms with Crippen molar-refractivity contribution in [1.82, 2.24) is 0 Å². The van der Waals surface area contributed by atoms with Crippen LogP contribution in [-0.2, 0) is 0 Å². The minimum atomic E-state index is 0.0138. The third kappa shape index (κ3) is 0.777. The Kier molecular flexibility index (Phi) is 1.27. The number of aryl methyl sites for hydroxylation is 1. The Labute approximate surface area is 81.5 Å². The summed E-state index contributed by atoms with van der Waals surface area (Å²) in [6, 6.07) is 9.91. The Balaban J connectivity index is 2.58. The topological polar surface area (TPSA) is 29.1 Å². The van der Waals surface area contributed by atoms with E-state index in [0.29, 0.717) is 0 Å². The highest BCUT2D eigenvalue weighted by molar-refractivity contribution is 6.24. The van der Waals surface area contributed by atoms with Gasteiger partial charge in [0.25, 0.3) is 5.91 Å². The van der Waals surface area contributed by atoms with E-state index in [1.807, 2.05) is 31.2 Å². The van der Waals surface area contributed by atoms with Crippen LogP contribution in [0.4, 0.5) is 5.69 Å². The van der Waals surface area contributed by atoms with Gasteiger partial charge in [0.2, 0.25) is 0 Å². The molecule has 0 aliphatic carbocycles. The number of amides is 1. The molecule has 1 amide bonds. The van der Waals surface area contributed by atoms with Crippen LogP contribution in [0.5, 0.6) is 0 Å². The van der Waals surface area contributed by atoms with Crippen molar-refractivity contribution in [3.63, 3.8) is 0 Å². The third-order valence-electron chi connectivity index (χ3n) is 2.74. The smallest absolute Gasteiger partial charge is 0.256 e. The third-order valence-corrected chi connectivity index (χ3v) is 2.74. The molecule has 2 aromatic carbocycles. The molecular formula is C12H9NO. The molecule has 1 heterocycles. The lowest BCUT2D eigenvalue weighted by Gasteiger charge is -2.02. The normalized spacial score (nSPS) is 13.4. The first-order valence-corrected chi connectivity index (χ1v) is 4.61. The van der Waals surface area contributed by atoms with E-state index in [2.05, 4.69) is 11.4 Å². The summed E-state index contributed by atoms with van der Waals surface area (Å²) in [5.74, 6) is 0.0138. The van der Waals surface area contributed by atoms with Crippen molar-refractivity contribution in [3.05, 3.63) is 41.5 Å². The Morgan fingerprint density at radius 1 is 1.14 bits per heavy atom. The molecule has 0 bridgehead atoms. The van der Waals surface area contributed by atoms with Gasteiger partial charge in [-0.2, -0.15) is 0 Å². The van der Waals surface area contributed by atoms with Crippen molar-refractivity contribution in [2.45, 2.75) is 6.92 Å². The van der Waals surface area contributed by atoms with Crippen LogP contribution in [0.3, 0.4) is 0 Å². The average Bonchev–Trinajstić information content (AvgIpc) is 2.53. The van der Waals surface area contributed by atoms with Crippen molar-refractivity contribution in [3.8, 4) is 0 Å². The van der Waals surface area contributed by atoms with Crippen molar-refractivity contribution < 1.29 is 4.79 Å². The largest absolute Gasteiger partial charge is 0.321 e. The van der Waals surface area contributed by atoms with E-state index < -0.39 is 0 Å². The highest BCUT2D eigenvalue weighted by Gasteiger charge is 2.21. The van der Waals surface area contributed by atoms with E-state index in [1.165, 1.54) is 0 Å². The highest BCUT2D eigenvalue weighted by Crippen LogP contribution is 2.35. The minimum absolute atomic E-state index is 0.0138. The first-order valence-electron chi connectivity index (χ1n) is 4.61. The van der Waals surface area contributed by atoms with Crippen LogP contribution in [0.15, 0.2) is 30.3 Å². The zero-order valence-electron chi connectivity index (χ0n) is 7.79. The quantitative estimate of drug-likeness (QED) is 0.668. The molecular weight excluding hydrogens is 174 g/mol. The lowest BCUT2D eigenvalue weighted by molar-refractivity contribution is 0.103. The fourth-order valence-electron chi connectivity index (χ4n) is 2.01. The maximum Gasteiger partial charge on any atom is 0.256 e. The molecule has 1 N–H and O–H groups in total. The SMILES string of the molecule is Cc1ccc2cccc3c2c1NC3=O. The first kappa shape index (κ1) is 7.56. The molecule has 14 heavy (non-hydrogen) atoms. The zero-order chi connectivity index (χ0) is 9.71. The molecule has 3 rings (SSSR count). The number of carbonyl (C=O) groups excluding carboxylic acids is 1. The maximum absolute atomic E-state index is 11.6. The average molecular weight is 183 g/mol. The van der Waals surface area contributed by atoms with Crippen molar-refractivity contribution in [2.75, 3.05) is 5.32 Å². The van der Waals surface area contributed by atoms with Crippen LogP contribution < -0.4 is 5.32 Å². The lowest BCUT2D eigenvalue weighted by Crippen LogP contribution is -2.04. The Hall–Kier alpha value is -1.83. The molecule has 0 aromatic heterocycles. The molecule has 0 fully saturated rings. The molecule has 0 saturated carbocycles. The van der Waals surface area contributed by atoms with Gasteiger partial charge < -0.3 is 5.32 Å². The first-order chi connectivity index (χ1) is 6.77. The number of hydrogen-bond donors (Lipinski definition) is 1. The second-order valence-electron chi connectivity index (χ2n) is 3.62. The van der Waals surface area contributed by atoms with Crippen molar-refractivity contribution in [2.24, 2.45) is 0 Å². The summed E-state index contributed by atoms with van der Waals surface area (Å²) in [4.78, 5) is 11.6. The molecule has 1 aliphatic heterocycles.